The van der Waals surface area contributed by atoms with Gasteiger partial charge in [-0.15, -0.1) is 0 Å². The van der Waals surface area contributed by atoms with Gasteiger partial charge < -0.3 is 0 Å². The Bertz CT molecular complexity index is 1100. The summed E-state index contributed by atoms with van der Waals surface area (Å²) in [6.07, 6.45) is 0. The Labute approximate surface area is 164 Å². The van der Waals surface area contributed by atoms with E-state index in [0.29, 0.717) is 22.3 Å². The van der Waals surface area contributed by atoms with Crippen LogP contribution in [-0.2, 0) is 4.57 Å². The van der Waals surface area contributed by atoms with Crippen LogP contribution in [0, 0.1) is 20.8 Å². The van der Waals surface area contributed by atoms with Crippen molar-refractivity contribution >= 4 is 24.9 Å². The van der Waals surface area contributed by atoms with Crippen molar-refractivity contribution in [3.8, 4) is 0 Å². The Balaban J connectivity index is 2.20. The molecule has 0 spiro atoms. The van der Waals surface area contributed by atoms with Crippen LogP contribution in [0.3, 0.4) is 0 Å². The average Bonchev–Trinajstić information content (AvgIpc) is 2.68. The molecule has 0 amide bonds. The zero-order valence-corrected chi connectivity index (χ0v) is 16.8. The van der Waals surface area contributed by atoms with E-state index >= 15 is 0 Å². The van der Waals surface area contributed by atoms with E-state index in [9.17, 15) is 19.0 Å². The summed E-state index contributed by atoms with van der Waals surface area (Å²) in [6, 6.07) is 17.0. The molecule has 0 saturated heterocycles. The van der Waals surface area contributed by atoms with Crippen molar-refractivity contribution in [2.24, 2.45) is 0 Å². The number of hydrogen-bond acceptors (Lipinski definition) is 3. The van der Waals surface area contributed by atoms with Crippen molar-refractivity contribution in [1.29, 1.82) is 0 Å². The molecule has 0 aromatic heterocycles. The highest BCUT2D eigenvalue weighted by atomic mass is 31.1. The lowest BCUT2D eigenvalue weighted by Gasteiger charge is -2.16. The van der Waals surface area contributed by atoms with Crippen LogP contribution in [0.1, 0.15) is 48.5 Å². The Morgan fingerprint density at radius 2 is 1.32 bits per heavy atom. The van der Waals surface area contributed by atoms with Crippen molar-refractivity contribution in [2.75, 3.05) is 0 Å². The second-order valence-corrected chi connectivity index (χ2v) is 7.73. The Hall–Kier alpha value is -2.94. The third kappa shape index (κ3) is 3.57. The van der Waals surface area contributed by atoms with Gasteiger partial charge in [-0.05, 0) is 54.2 Å². The van der Waals surface area contributed by atoms with Crippen molar-refractivity contribution in [3.63, 3.8) is 0 Å². The highest BCUT2D eigenvalue weighted by molar-refractivity contribution is 7.47. The van der Waals surface area contributed by atoms with Gasteiger partial charge >= 0.3 is 8.03 Å². The molecule has 3 aromatic carbocycles. The molecule has 28 heavy (non-hydrogen) atoms. The molecular formula is C23H20O4P+. The van der Waals surface area contributed by atoms with Crippen LogP contribution in [0.5, 0.6) is 0 Å². The van der Waals surface area contributed by atoms with Crippen molar-refractivity contribution in [3.05, 3.63) is 99.6 Å². The smallest absolute Gasteiger partial charge is 0.289 e. The minimum Gasteiger partial charge on any atom is -0.289 e. The van der Waals surface area contributed by atoms with E-state index in [1.165, 1.54) is 6.07 Å². The number of carbonyl (C=O) groups excluding carboxylic acids is 2. The van der Waals surface area contributed by atoms with E-state index in [4.69, 9.17) is 0 Å². The molecule has 1 atom stereocenters. The van der Waals surface area contributed by atoms with Crippen LogP contribution in [0.15, 0.2) is 60.7 Å². The lowest BCUT2D eigenvalue weighted by Crippen LogP contribution is -2.18. The number of hydrogen-bond donors (Lipinski definition) is 1. The summed E-state index contributed by atoms with van der Waals surface area (Å²) in [5, 5.41) is 0.0952. The van der Waals surface area contributed by atoms with E-state index in [1.807, 2.05) is 26.0 Å². The number of carbonyl (C=O) groups is 2. The third-order valence-electron chi connectivity index (χ3n) is 4.82. The van der Waals surface area contributed by atoms with E-state index in [0.717, 1.165) is 11.1 Å². The normalized spacial score (nSPS) is 11.2. The third-order valence-corrected chi connectivity index (χ3v) is 5.62. The Kier molecular flexibility index (Phi) is 5.64. The molecular weight excluding hydrogens is 371 g/mol. The van der Waals surface area contributed by atoms with Gasteiger partial charge in [0.15, 0.2) is 11.6 Å². The molecule has 0 bridgehead atoms. The van der Waals surface area contributed by atoms with Crippen LogP contribution in [0.25, 0.3) is 0 Å². The first-order valence-electron chi connectivity index (χ1n) is 8.83. The Morgan fingerprint density at radius 3 is 1.93 bits per heavy atom. The Morgan fingerprint density at radius 1 is 0.786 bits per heavy atom. The number of aryl methyl sites for hydroxylation is 2. The first kappa shape index (κ1) is 19.8. The minimum absolute atomic E-state index is 0.0952. The molecule has 0 heterocycles. The van der Waals surface area contributed by atoms with E-state index in [2.05, 4.69) is 0 Å². The molecule has 0 aliphatic heterocycles. The number of benzene rings is 3. The molecule has 0 radical (unpaired) electrons. The van der Waals surface area contributed by atoms with Gasteiger partial charge in [-0.25, -0.2) is 0 Å². The molecule has 0 fully saturated rings. The van der Waals surface area contributed by atoms with Gasteiger partial charge in [0, 0.05) is 16.7 Å². The molecule has 3 aromatic rings. The topological polar surface area (TPSA) is 71.4 Å². The van der Waals surface area contributed by atoms with Crippen molar-refractivity contribution in [1.82, 2.24) is 0 Å². The number of ketones is 2. The monoisotopic (exact) mass is 391 g/mol. The van der Waals surface area contributed by atoms with Crippen molar-refractivity contribution < 1.29 is 19.0 Å². The lowest BCUT2D eigenvalue weighted by molar-refractivity contribution is 0.103. The SMILES string of the molecule is Cc1cc(C)c(C(=O)c2ccccc2[P+](=O)O)c(C)c1C(=O)c1ccccc1. The maximum atomic E-state index is 13.3. The fraction of sp³-hybridized carbons (Fsp3) is 0.130. The fourth-order valence-corrected chi connectivity index (χ4v) is 4.18. The number of rotatable bonds is 5. The zero-order chi connectivity index (χ0) is 20.4. The van der Waals surface area contributed by atoms with E-state index in [-0.39, 0.29) is 22.4 Å². The summed E-state index contributed by atoms with van der Waals surface area (Å²) < 4.78 is 11.7. The fourth-order valence-electron chi connectivity index (χ4n) is 3.59. The largest absolute Gasteiger partial charge is 0.546 e. The molecule has 0 aliphatic rings. The van der Waals surface area contributed by atoms with Gasteiger partial charge in [-0.2, -0.15) is 4.89 Å². The molecule has 3 rings (SSSR count). The summed E-state index contributed by atoms with van der Waals surface area (Å²) in [6.45, 7) is 5.42. The predicted molar refractivity (Wildman–Crippen MR) is 110 cm³/mol. The van der Waals surface area contributed by atoms with Gasteiger partial charge in [-0.3, -0.25) is 9.59 Å². The second kappa shape index (κ2) is 7.97. The highest BCUT2D eigenvalue weighted by Gasteiger charge is 2.29. The van der Waals surface area contributed by atoms with E-state index < -0.39 is 8.03 Å². The zero-order valence-electron chi connectivity index (χ0n) is 15.9. The van der Waals surface area contributed by atoms with Crippen LogP contribution >= 0.6 is 8.03 Å². The molecule has 0 aliphatic carbocycles. The summed E-state index contributed by atoms with van der Waals surface area (Å²) in [4.78, 5) is 36.0. The van der Waals surface area contributed by atoms with Gasteiger partial charge in [0.05, 0.1) is 5.56 Å². The van der Waals surface area contributed by atoms with Gasteiger partial charge in [0.25, 0.3) is 0 Å². The quantitative estimate of drug-likeness (QED) is 0.516. The standard InChI is InChI=1S/C23H19O4P/c1-14-13-15(2)21(23(25)18-11-7-8-12-19(18)28(26)27)16(3)20(14)22(24)17-9-5-4-6-10-17/h4-13H,1-3H3/p+1. The maximum Gasteiger partial charge on any atom is 0.546 e. The van der Waals surface area contributed by atoms with Crippen LogP contribution in [-0.4, -0.2) is 16.5 Å². The molecule has 140 valence electrons. The maximum absolute atomic E-state index is 13.3. The van der Waals surface area contributed by atoms with Gasteiger partial charge in [0.2, 0.25) is 5.30 Å². The first-order valence-corrected chi connectivity index (χ1v) is 10.0. The highest BCUT2D eigenvalue weighted by Crippen LogP contribution is 2.28. The van der Waals surface area contributed by atoms with E-state index in [1.54, 1.807) is 49.4 Å². The van der Waals surface area contributed by atoms with Gasteiger partial charge in [-0.1, -0.05) is 48.5 Å². The van der Waals surface area contributed by atoms with Crippen molar-refractivity contribution in [2.45, 2.75) is 20.8 Å². The van der Waals surface area contributed by atoms with Gasteiger partial charge in [0.1, 0.15) is 0 Å². The van der Waals surface area contributed by atoms with Crippen LogP contribution < -0.4 is 5.30 Å². The summed E-state index contributed by atoms with van der Waals surface area (Å²) >= 11 is 0. The molecule has 1 N–H and O–H groups in total. The summed E-state index contributed by atoms with van der Waals surface area (Å²) in [5.74, 6) is -0.503. The van der Waals surface area contributed by atoms with Crippen LogP contribution in [0.2, 0.25) is 0 Å². The molecule has 4 nitrogen and oxygen atoms in total. The second-order valence-electron chi connectivity index (χ2n) is 6.70. The minimum atomic E-state index is -2.66. The summed E-state index contributed by atoms with van der Waals surface area (Å²) in [7, 11) is -2.66. The summed E-state index contributed by atoms with van der Waals surface area (Å²) in [5.41, 5.74) is 3.73. The first-order chi connectivity index (χ1) is 13.3. The molecule has 0 saturated carbocycles. The molecule has 5 heteroatoms. The molecule has 1 unspecified atom stereocenters. The average molecular weight is 391 g/mol. The van der Waals surface area contributed by atoms with Crippen LogP contribution in [0.4, 0.5) is 0 Å². The predicted octanol–water partition coefficient (Wildman–Crippen LogP) is 4.43. The lowest BCUT2D eigenvalue weighted by atomic mass is 9.86.